The first-order chi connectivity index (χ1) is 8.15. The van der Waals surface area contributed by atoms with Crippen molar-refractivity contribution in [3.8, 4) is 0 Å². The molecule has 0 spiro atoms. The van der Waals surface area contributed by atoms with Gasteiger partial charge in [0.2, 0.25) is 0 Å². The smallest absolute Gasteiger partial charge is 0.123 e. The second-order valence-corrected chi connectivity index (χ2v) is 3.99. The van der Waals surface area contributed by atoms with Crippen molar-refractivity contribution in [3.05, 3.63) is 71.3 Å². The molecule has 0 saturated heterocycles. The summed E-state index contributed by atoms with van der Waals surface area (Å²) in [6, 6.07) is 12.1. The summed E-state index contributed by atoms with van der Waals surface area (Å²) in [4.78, 5) is 0. The quantitative estimate of drug-likeness (QED) is 0.865. The highest BCUT2D eigenvalue weighted by molar-refractivity contribution is 5.24. The van der Waals surface area contributed by atoms with E-state index in [1.165, 1.54) is 24.3 Å². The maximum atomic E-state index is 13.0. The number of rotatable bonds is 3. The van der Waals surface area contributed by atoms with Crippen molar-refractivity contribution in [1.82, 2.24) is 0 Å². The highest BCUT2D eigenvalue weighted by Gasteiger charge is 2.07. The first kappa shape index (κ1) is 11.7. The summed E-state index contributed by atoms with van der Waals surface area (Å²) in [5, 5.41) is 0. The van der Waals surface area contributed by atoms with Gasteiger partial charge in [-0.05, 0) is 41.8 Å². The fourth-order valence-corrected chi connectivity index (χ4v) is 1.75. The summed E-state index contributed by atoms with van der Waals surface area (Å²) >= 11 is 0. The molecule has 0 heterocycles. The van der Waals surface area contributed by atoms with Crippen molar-refractivity contribution in [2.24, 2.45) is 5.73 Å². The minimum atomic E-state index is -0.285. The highest BCUT2D eigenvalue weighted by atomic mass is 19.1. The average molecular weight is 233 g/mol. The Bertz CT molecular complexity index is 494. The van der Waals surface area contributed by atoms with Gasteiger partial charge in [-0.3, -0.25) is 0 Å². The van der Waals surface area contributed by atoms with Gasteiger partial charge < -0.3 is 5.73 Å². The van der Waals surface area contributed by atoms with E-state index in [9.17, 15) is 8.78 Å². The van der Waals surface area contributed by atoms with Gasteiger partial charge in [0.15, 0.2) is 0 Å². The zero-order chi connectivity index (χ0) is 12.3. The summed E-state index contributed by atoms with van der Waals surface area (Å²) < 4.78 is 25.7. The lowest BCUT2D eigenvalue weighted by Crippen LogP contribution is -2.13. The summed E-state index contributed by atoms with van der Waals surface area (Å²) in [6.45, 7) is 0. The van der Waals surface area contributed by atoms with Gasteiger partial charge in [0.1, 0.15) is 11.6 Å². The van der Waals surface area contributed by atoms with Crippen LogP contribution in [0.15, 0.2) is 48.5 Å². The van der Waals surface area contributed by atoms with Gasteiger partial charge in [-0.25, -0.2) is 8.78 Å². The number of hydrogen-bond acceptors (Lipinski definition) is 1. The first-order valence-corrected chi connectivity index (χ1v) is 5.40. The van der Waals surface area contributed by atoms with E-state index in [0.717, 1.165) is 11.1 Å². The third kappa shape index (κ3) is 3.11. The fraction of sp³-hybridized carbons (Fsp3) is 0.143. The van der Waals surface area contributed by atoms with Gasteiger partial charge in [0.05, 0.1) is 0 Å². The van der Waals surface area contributed by atoms with Crippen LogP contribution in [0.25, 0.3) is 0 Å². The zero-order valence-electron chi connectivity index (χ0n) is 9.24. The molecule has 0 aliphatic carbocycles. The van der Waals surface area contributed by atoms with Crippen LogP contribution in [0.1, 0.15) is 17.2 Å². The summed E-state index contributed by atoms with van der Waals surface area (Å²) in [6.07, 6.45) is 0.531. The van der Waals surface area contributed by atoms with E-state index in [2.05, 4.69) is 0 Å². The standard InChI is InChI=1S/C14H13F2N/c15-12-6-4-11(5-7-12)14(17)9-10-2-1-3-13(16)8-10/h1-8,14H,9,17H2. The molecule has 0 aliphatic rings. The van der Waals surface area contributed by atoms with Crippen molar-refractivity contribution >= 4 is 0 Å². The molecule has 0 saturated carbocycles. The van der Waals surface area contributed by atoms with E-state index >= 15 is 0 Å². The van der Waals surface area contributed by atoms with Gasteiger partial charge in [0.25, 0.3) is 0 Å². The topological polar surface area (TPSA) is 26.0 Å². The Labute approximate surface area is 98.9 Å². The Morgan fingerprint density at radius 1 is 0.941 bits per heavy atom. The van der Waals surface area contributed by atoms with E-state index in [0.29, 0.717) is 6.42 Å². The van der Waals surface area contributed by atoms with Gasteiger partial charge in [-0.15, -0.1) is 0 Å². The van der Waals surface area contributed by atoms with E-state index in [4.69, 9.17) is 5.73 Å². The first-order valence-electron chi connectivity index (χ1n) is 5.40. The second kappa shape index (κ2) is 5.06. The van der Waals surface area contributed by atoms with Crippen LogP contribution >= 0.6 is 0 Å². The van der Waals surface area contributed by atoms with Crippen LogP contribution in [0.2, 0.25) is 0 Å². The highest BCUT2D eigenvalue weighted by Crippen LogP contribution is 2.17. The Balaban J connectivity index is 2.11. The fourth-order valence-electron chi connectivity index (χ4n) is 1.75. The summed E-state index contributed by atoms with van der Waals surface area (Å²) in [5.41, 5.74) is 7.66. The third-order valence-electron chi connectivity index (χ3n) is 2.64. The maximum Gasteiger partial charge on any atom is 0.123 e. The molecule has 2 aromatic carbocycles. The van der Waals surface area contributed by atoms with Crippen molar-refractivity contribution in [1.29, 1.82) is 0 Å². The Kier molecular flexibility index (Phi) is 3.49. The Hall–Kier alpha value is -1.74. The maximum absolute atomic E-state index is 13.0. The largest absolute Gasteiger partial charge is 0.324 e. The zero-order valence-corrected chi connectivity index (χ0v) is 9.24. The molecule has 0 aliphatic heterocycles. The minimum absolute atomic E-state index is 0.252. The summed E-state index contributed by atoms with van der Waals surface area (Å²) in [5.74, 6) is -0.555. The van der Waals surface area contributed by atoms with Crippen LogP contribution in [0.5, 0.6) is 0 Å². The van der Waals surface area contributed by atoms with Crippen molar-refractivity contribution in [2.75, 3.05) is 0 Å². The van der Waals surface area contributed by atoms with Gasteiger partial charge in [-0.2, -0.15) is 0 Å². The molecule has 88 valence electrons. The molecule has 0 bridgehead atoms. The van der Waals surface area contributed by atoms with Crippen LogP contribution in [0, 0.1) is 11.6 Å². The molecular formula is C14H13F2N. The van der Waals surface area contributed by atoms with E-state index in [1.54, 1.807) is 18.2 Å². The summed E-state index contributed by atoms with van der Waals surface area (Å²) in [7, 11) is 0. The lowest BCUT2D eigenvalue weighted by Gasteiger charge is -2.12. The Morgan fingerprint density at radius 3 is 2.29 bits per heavy atom. The van der Waals surface area contributed by atoms with Gasteiger partial charge in [-0.1, -0.05) is 24.3 Å². The minimum Gasteiger partial charge on any atom is -0.324 e. The van der Waals surface area contributed by atoms with Crippen molar-refractivity contribution in [3.63, 3.8) is 0 Å². The van der Waals surface area contributed by atoms with Crippen molar-refractivity contribution < 1.29 is 8.78 Å². The lowest BCUT2D eigenvalue weighted by molar-refractivity contribution is 0.619. The lowest BCUT2D eigenvalue weighted by atomic mass is 10.00. The predicted molar refractivity (Wildman–Crippen MR) is 63.4 cm³/mol. The van der Waals surface area contributed by atoms with Crippen molar-refractivity contribution in [2.45, 2.75) is 12.5 Å². The number of halogens is 2. The molecular weight excluding hydrogens is 220 g/mol. The molecule has 1 unspecified atom stereocenters. The molecule has 0 aromatic heterocycles. The molecule has 0 radical (unpaired) electrons. The molecule has 0 fully saturated rings. The molecule has 1 nitrogen and oxygen atoms in total. The van der Waals surface area contributed by atoms with E-state index < -0.39 is 0 Å². The average Bonchev–Trinajstić information content (AvgIpc) is 2.29. The normalized spacial score (nSPS) is 12.4. The monoisotopic (exact) mass is 233 g/mol. The molecule has 2 rings (SSSR count). The van der Waals surface area contributed by atoms with Crippen LogP contribution < -0.4 is 5.73 Å². The number of benzene rings is 2. The SMILES string of the molecule is NC(Cc1cccc(F)c1)c1ccc(F)cc1. The number of hydrogen-bond donors (Lipinski definition) is 1. The van der Waals surface area contributed by atoms with Gasteiger partial charge in [0, 0.05) is 6.04 Å². The molecule has 2 N–H and O–H groups in total. The number of nitrogens with two attached hydrogens (primary N) is 1. The third-order valence-corrected chi connectivity index (χ3v) is 2.64. The van der Waals surface area contributed by atoms with Crippen LogP contribution in [0.4, 0.5) is 8.78 Å². The van der Waals surface area contributed by atoms with Gasteiger partial charge >= 0.3 is 0 Å². The van der Waals surface area contributed by atoms with Crippen LogP contribution in [0.3, 0.4) is 0 Å². The molecule has 2 aromatic rings. The van der Waals surface area contributed by atoms with Crippen LogP contribution in [-0.2, 0) is 6.42 Å². The molecule has 17 heavy (non-hydrogen) atoms. The van der Waals surface area contributed by atoms with Crippen LogP contribution in [-0.4, -0.2) is 0 Å². The molecule has 0 amide bonds. The van der Waals surface area contributed by atoms with E-state index in [1.807, 2.05) is 6.07 Å². The van der Waals surface area contributed by atoms with E-state index in [-0.39, 0.29) is 17.7 Å². The molecule has 1 atom stereocenters. The molecule has 3 heteroatoms. The second-order valence-electron chi connectivity index (χ2n) is 3.99. The predicted octanol–water partition coefficient (Wildman–Crippen LogP) is 3.21. The Morgan fingerprint density at radius 2 is 1.65 bits per heavy atom.